The summed E-state index contributed by atoms with van der Waals surface area (Å²) in [5.74, 6) is 0.681. The number of rotatable bonds is 5. The first-order valence-electron chi connectivity index (χ1n) is 8.44. The Hall–Kier alpha value is -1.63. The molecule has 4 rings (SSSR count). The lowest BCUT2D eigenvalue weighted by Crippen LogP contribution is -2.33. The monoisotopic (exact) mass is 316 g/mol. The van der Waals surface area contributed by atoms with E-state index in [-0.39, 0.29) is 6.10 Å². The van der Waals surface area contributed by atoms with Gasteiger partial charge in [0, 0.05) is 56.4 Å². The minimum absolute atomic E-state index is 0.324. The van der Waals surface area contributed by atoms with Crippen molar-refractivity contribution in [3.8, 4) is 0 Å². The number of nitrogens with one attached hydrogen (secondary N) is 1. The van der Waals surface area contributed by atoms with Gasteiger partial charge in [0.15, 0.2) is 0 Å². The number of aromatic nitrogens is 2. The Kier molecular flexibility index (Phi) is 4.20. The summed E-state index contributed by atoms with van der Waals surface area (Å²) in [6.45, 7) is 4.98. The van der Waals surface area contributed by atoms with Crippen LogP contribution in [-0.4, -0.2) is 57.4 Å². The molecular weight excluding hydrogens is 292 g/mol. The Morgan fingerprint density at radius 2 is 2.00 bits per heavy atom. The molecule has 2 aromatic heterocycles. The highest BCUT2D eigenvalue weighted by atomic mass is 16.3. The van der Waals surface area contributed by atoms with E-state index < -0.39 is 0 Å². The zero-order valence-corrected chi connectivity index (χ0v) is 13.3. The van der Waals surface area contributed by atoms with Crippen molar-refractivity contribution in [2.75, 3.05) is 26.2 Å². The average molecular weight is 316 g/mol. The van der Waals surface area contributed by atoms with Crippen LogP contribution >= 0.6 is 0 Å². The maximum Gasteiger partial charge on any atom is 0.0947 e. The van der Waals surface area contributed by atoms with Crippen LogP contribution < -0.4 is 0 Å². The number of aromatic amines is 1. The molecule has 0 spiro atoms. The molecule has 6 heteroatoms. The second-order valence-electron chi connectivity index (χ2n) is 6.85. The summed E-state index contributed by atoms with van der Waals surface area (Å²) in [5.41, 5.74) is 3.52. The molecule has 23 heavy (non-hydrogen) atoms. The van der Waals surface area contributed by atoms with Crippen LogP contribution in [-0.2, 0) is 13.1 Å². The number of furan rings is 1. The lowest BCUT2D eigenvalue weighted by atomic mass is 10.2. The minimum atomic E-state index is -0.324. The van der Waals surface area contributed by atoms with Crippen LogP contribution in [0.4, 0.5) is 0 Å². The Bertz CT molecular complexity index is 620. The maximum atomic E-state index is 10.3. The number of β-amino-alcohol motifs (C(OH)–C–C–N with tert-alkyl or cyclic N) is 1. The Labute approximate surface area is 136 Å². The van der Waals surface area contributed by atoms with Crippen LogP contribution in [0.2, 0.25) is 0 Å². The van der Waals surface area contributed by atoms with Crippen molar-refractivity contribution in [3.05, 3.63) is 41.6 Å². The Balaban J connectivity index is 1.34. The van der Waals surface area contributed by atoms with Crippen LogP contribution in [0.15, 0.2) is 29.1 Å². The van der Waals surface area contributed by atoms with E-state index in [0.717, 1.165) is 37.4 Å². The van der Waals surface area contributed by atoms with E-state index in [1.165, 1.54) is 18.5 Å². The highest BCUT2D eigenvalue weighted by Gasteiger charge is 2.27. The fraction of sp³-hybridized carbons (Fsp3) is 0.588. The first kappa shape index (κ1) is 14.9. The quantitative estimate of drug-likeness (QED) is 0.876. The van der Waals surface area contributed by atoms with Gasteiger partial charge in [-0.15, -0.1) is 0 Å². The third-order valence-corrected chi connectivity index (χ3v) is 4.70. The molecule has 2 fully saturated rings. The molecule has 1 saturated carbocycles. The lowest BCUT2D eigenvalue weighted by molar-refractivity contribution is 0.105. The van der Waals surface area contributed by atoms with Crippen molar-refractivity contribution in [3.63, 3.8) is 0 Å². The van der Waals surface area contributed by atoms with Gasteiger partial charge in [0.1, 0.15) is 0 Å². The molecule has 1 saturated heterocycles. The number of H-pyrrole nitrogens is 1. The van der Waals surface area contributed by atoms with Gasteiger partial charge in [0.05, 0.1) is 24.3 Å². The third kappa shape index (κ3) is 3.83. The van der Waals surface area contributed by atoms with E-state index in [1.54, 1.807) is 12.5 Å². The summed E-state index contributed by atoms with van der Waals surface area (Å²) in [6.07, 6.45) is 5.70. The van der Waals surface area contributed by atoms with Crippen molar-refractivity contribution in [2.45, 2.75) is 38.0 Å². The third-order valence-electron chi connectivity index (χ3n) is 4.70. The van der Waals surface area contributed by atoms with Gasteiger partial charge in [-0.05, 0) is 25.0 Å². The maximum absolute atomic E-state index is 10.3. The molecule has 3 heterocycles. The van der Waals surface area contributed by atoms with Crippen molar-refractivity contribution >= 4 is 0 Å². The molecule has 1 aliphatic heterocycles. The smallest absolute Gasteiger partial charge is 0.0947 e. The highest BCUT2D eigenvalue weighted by molar-refractivity contribution is 5.17. The lowest BCUT2D eigenvalue weighted by Gasteiger charge is -2.20. The molecule has 0 unspecified atom stereocenters. The summed E-state index contributed by atoms with van der Waals surface area (Å²) in [7, 11) is 0. The number of aliphatic hydroxyl groups excluding tert-OH is 1. The standard InChI is InChI=1S/C17H24N4O2/c22-16-10-20(8-13-3-6-23-12-13)4-5-21(11-16)9-15-7-17(19-18-15)14-1-2-14/h3,6-7,12,14,16,22H,1-2,4-5,8-11H2,(H,18,19)/t16-/m0/s1. The number of aliphatic hydroxyl groups is 1. The average Bonchev–Trinajstić information content (AvgIpc) is 3.11. The molecule has 124 valence electrons. The fourth-order valence-corrected chi connectivity index (χ4v) is 3.34. The minimum Gasteiger partial charge on any atom is -0.472 e. The van der Waals surface area contributed by atoms with Crippen LogP contribution in [0.5, 0.6) is 0 Å². The van der Waals surface area contributed by atoms with Gasteiger partial charge in [0.25, 0.3) is 0 Å². The fourth-order valence-electron chi connectivity index (χ4n) is 3.34. The van der Waals surface area contributed by atoms with Gasteiger partial charge in [0.2, 0.25) is 0 Å². The molecule has 0 amide bonds. The van der Waals surface area contributed by atoms with Gasteiger partial charge in [-0.25, -0.2) is 0 Å². The SMILES string of the molecule is O[C@H]1CN(Cc2ccoc2)CCN(Cc2cc(C3CC3)n[nH]2)C1. The summed E-state index contributed by atoms with van der Waals surface area (Å²) in [4.78, 5) is 4.60. The summed E-state index contributed by atoms with van der Waals surface area (Å²) in [6, 6.07) is 4.18. The molecule has 6 nitrogen and oxygen atoms in total. The number of hydrogen-bond donors (Lipinski definition) is 2. The Morgan fingerprint density at radius 1 is 1.22 bits per heavy atom. The van der Waals surface area contributed by atoms with E-state index in [1.807, 2.05) is 6.07 Å². The van der Waals surface area contributed by atoms with E-state index >= 15 is 0 Å². The normalized spacial score (nSPS) is 24.0. The van der Waals surface area contributed by atoms with Crippen LogP contribution in [0, 0.1) is 0 Å². The number of nitrogens with zero attached hydrogens (tertiary/aromatic N) is 3. The zero-order valence-electron chi connectivity index (χ0n) is 13.3. The number of hydrogen-bond acceptors (Lipinski definition) is 5. The summed E-state index contributed by atoms with van der Waals surface area (Å²) in [5, 5.41) is 17.9. The molecule has 2 aromatic rings. The van der Waals surface area contributed by atoms with Crippen molar-refractivity contribution in [2.24, 2.45) is 0 Å². The van der Waals surface area contributed by atoms with Gasteiger partial charge < -0.3 is 9.52 Å². The van der Waals surface area contributed by atoms with Gasteiger partial charge in [-0.1, -0.05) is 0 Å². The Morgan fingerprint density at radius 3 is 2.70 bits per heavy atom. The molecule has 1 aliphatic carbocycles. The van der Waals surface area contributed by atoms with Crippen molar-refractivity contribution in [1.29, 1.82) is 0 Å². The van der Waals surface area contributed by atoms with E-state index in [0.29, 0.717) is 19.0 Å². The molecule has 0 aromatic carbocycles. The van der Waals surface area contributed by atoms with Gasteiger partial charge >= 0.3 is 0 Å². The van der Waals surface area contributed by atoms with Crippen molar-refractivity contribution in [1.82, 2.24) is 20.0 Å². The van der Waals surface area contributed by atoms with Crippen LogP contribution in [0.25, 0.3) is 0 Å². The first-order valence-corrected chi connectivity index (χ1v) is 8.44. The predicted molar refractivity (Wildman–Crippen MR) is 85.8 cm³/mol. The molecule has 0 radical (unpaired) electrons. The van der Waals surface area contributed by atoms with Gasteiger partial charge in [-0.2, -0.15) is 5.10 Å². The van der Waals surface area contributed by atoms with Crippen LogP contribution in [0.3, 0.4) is 0 Å². The summed E-state index contributed by atoms with van der Waals surface area (Å²) >= 11 is 0. The van der Waals surface area contributed by atoms with Gasteiger partial charge in [-0.3, -0.25) is 14.9 Å². The predicted octanol–water partition coefficient (Wildman–Crippen LogP) is 1.56. The van der Waals surface area contributed by atoms with Crippen molar-refractivity contribution < 1.29 is 9.52 Å². The van der Waals surface area contributed by atoms with E-state index in [9.17, 15) is 5.11 Å². The molecular formula is C17H24N4O2. The second kappa shape index (κ2) is 6.47. The highest BCUT2D eigenvalue weighted by Crippen LogP contribution is 2.39. The first-order chi connectivity index (χ1) is 11.3. The van der Waals surface area contributed by atoms with E-state index in [2.05, 4.69) is 26.1 Å². The summed E-state index contributed by atoms with van der Waals surface area (Å²) < 4.78 is 5.13. The molecule has 2 aliphatic rings. The molecule has 1 atom stereocenters. The largest absolute Gasteiger partial charge is 0.472 e. The van der Waals surface area contributed by atoms with Crippen LogP contribution in [0.1, 0.15) is 35.7 Å². The molecule has 0 bridgehead atoms. The zero-order chi connectivity index (χ0) is 15.6. The van der Waals surface area contributed by atoms with E-state index in [4.69, 9.17) is 4.42 Å². The second-order valence-corrected chi connectivity index (χ2v) is 6.85. The topological polar surface area (TPSA) is 68.5 Å². The molecule has 2 N–H and O–H groups in total.